The highest BCUT2D eigenvalue weighted by molar-refractivity contribution is 9.56. The van der Waals surface area contributed by atoms with Crippen molar-refractivity contribution in [2.45, 2.75) is 16.5 Å². The topological polar surface area (TPSA) is 65.5 Å². The number of aromatic nitrogens is 1. The normalized spacial score (nSPS) is 16.6. The maximum Gasteiger partial charge on any atom is 0.266 e. The summed E-state index contributed by atoms with van der Waals surface area (Å²) in [5.74, 6) is 0. The summed E-state index contributed by atoms with van der Waals surface area (Å²) in [7, 11) is -5.62. The SMILES string of the molecule is O=S(Br)(=C(Br)Br)c1nc2c(S(=O)(Br)=C(Br)Br)cc(SOOC(Br)(Br)Br)cc2s1. The number of hydrogen-bond donors (Lipinski definition) is 0. The minimum atomic E-state index is -2.85. The Balaban J connectivity index is 2.71. The third-order valence-corrected chi connectivity index (χ3v) is 22.7. The van der Waals surface area contributed by atoms with E-state index in [1.165, 1.54) is 11.3 Å². The van der Waals surface area contributed by atoms with Crippen LogP contribution in [0.4, 0.5) is 0 Å². The molecule has 1 heterocycles. The highest BCUT2D eigenvalue weighted by Crippen LogP contribution is 2.41. The fraction of sp³-hybridized carbons (Fsp3) is 0.100. The van der Waals surface area contributed by atoms with Gasteiger partial charge in [0, 0.05) is 34.5 Å². The van der Waals surface area contributed by atoms with Crippen LogP contribution in [-0.2, 0) is 25.1 Å². The number of rotatable bonds is 5. The van der Waals surface area contributed by atoms with Crippen molar-refractivity contribution in [2.75, 3.05) is 0 Å². The second-order valence-electron chi connectivity index (χ2n) is 4.35. The molecule has 2 aromatic rings. The van der Waals surface area contributed by atoms with Gasteiger partial charge in [-0.15, -0.1) is 11.3 Å². The van der Waals surface area contributed by atoms with Gasteiger partial charge in [-0.25, -0.2) is 13.4 Å². The lowest BCUT2D eigenvalue weighted by atomic mass is 10.3. The number of thiazole rings is 1. The lowest BCUT2D eigenvalue weighted by Gasteiger charge is -2.11. The first kappa shape index (κ1) is 28.0. The van der Waals surface area contributed by atoms with Crippen molar-refractivity contribution in [3.8, 4) is 0 Å². The monoisotopic (exact) mass is 1040 g/mol. The largest absolute Gasteiger partial charge is 0.266 e. The highest BCUT2D eigenvalue weighted by atomic mass is 80.0. The molecule has 1 aromatic heterocycles. The second-order valence-corrected chi connectivity index (χ2v) is 29.4. The van der Waals surface area contributed by atoms with Gasteiger partial charge < -0.3 is 0 Å². The molecule has 0 saturated carbocycles. The molecule has 0 saturated heterocycles. The van der Waals surface area contributed by atoms with E-state index in [2.05, 4.69) is 146 Å². The summed E-state index contributed by atoms with van der Waals surface area (Å²) in [6.45, 7) is 0. The summed E-state index contributed by atoms with van der Waals surface area (Å²) >= 11 is 30.7. The van der Waals surface area contributed by atoms with Crippen LogP contribution in [0.25, 0.3) is 10.2 Å². The van der Waals surface area contributed by atoms with Crippen molar-refractivity contribution in [3.63, 3.8) is 0 Å². The van der Waals surface area contributed by atoms with Gasteiger partial charge in [-0.2, -0.15) is 9.22 Å². The van der Waals surface area contributed by atoms with Crippen LogP contribution in [0.3, 0.4) is 0 Å². The summed E-state index contributed by atoms with van der Waals surface area (Å²) in [6.07, 6.45) is 0. The molecular formula is C10H2Br9NO4S4. The second kappa shape index (κ2) is 11.0. The summed E-state index contributed by atoms with van der Waals surface area (Å²) in [4.78, 5) is 10.5. The Morgan fingerprint density at radius 2 is 1.61 bits per heavy atom. The van der Waals surface area contributed by atoms with E-state index < -0.39 is 18.2 Å². The van der Waals surface area contributed by atoms with Gasteiger partial charge in [-0.05, 0) is 124 Å². The molecule has 0 amide bonds. The van der Waals surface area contributed by atoms with Crippen molar-refractivity contribution < 1.29 is 17.6 Å². The molecule has 0 bridgehead atoms. The van der Waals surface area contributed by atoms with Gasteiger partial charge in [0.15, 0.2) is 4.34 Å². The Morgan fingerprint density at radius 3 is 2.11 bits per heavy atom. The molecule has 2 rings (SSSR count). The van der Waals surface area contributed by atoms with E-state index >= 15 is 0 Å². The zero-order valence-corrected chi connectivity index (χ0v) is 29.8. The molecule has 2 unspecified atom stereocenters. The zero-order chi connectivity index (χ0) is 21.5. The Bertz CT molecular complexity index is 1150. The van der Waals surface area contributed by atoms with Gasteiger partial charge in [0.1, 0.15) is 13.3 Å². The van der Waals surface area contributed by atoms with E-state index in [0.29, 0.717) is 29.7 Å². The third-order valence-electron chi connectivity index (χ3n) is 2.58. The van der Waals surface area contributed by atoms with Crippen LogP contribution in [0.15, 0.2) is 26.3 Å². The van der Waals surface area contributed by atoms with Gasteiger partial charge in [0.2, 0.25) is 0 Å². The Morgan fingerprint density at radius 1 is 1.04 bits per heavy atom. The molecule has 0 spiro atoms. The standard InChI is InChI=1S/C10H2Br9NO4S4/c11-7(12)27(18,21)5-2-3(26-24-23-10(15,16)17)1-4-6(5)20-9(25-4)28(19,22)8(13)14/h1-2H. The number of fused-ring (bicyclic) bond motifs is 1. The predicted molar refractivity (Wildman–Crippen MR) is 154 cm³/mol. The summed E-state index contributed by atoms with van der Waals surface area (Å²) < 4.78 is 31.7. The van der Waals surface area contributed by atoms with Crippen LogP contribution < -0.4 is 0 Å². The molecule has 0 N–H and O–H groups in total. The molecule has 1 aromatic carbocycles. The Labute approximate surface area is 243 Å². The number of nitrogens with zero attached hydrogens (tertiary/aromatic N) is 1. The van der Waals surface area contributed by atoms with Crippen LogP contribution >= 0.6 is 165 Å². The van der Waals surface area contributed by atoms with Crippen molar-refractivity contribution in [1.29, 1.82) is 0 Å². The van der Waals surface area contributed by atoms with E-state index in [9.17, 15) is 8.42 Å². The summed E-state index contributed by atoms with van der Waals surface area (Å²) in [5, 5.41) is 0. The Hall–Kier alpha value is 3.74. The minimum absolute atomic E-state index is 0.302. The van der Waals surface area contributed by atoms with Gasteiger partial charge in [0.05, 0.1) is 35.1 Å². The smallest absolute Gasteiger partial charge is 0.250 e. The summed E-state index contributed by atoms with van der Waals surface area (Å²) in [5.41, 5.74) is 0.438. The number of hydrogen-bond acceptors (Lipinski definition) is 7. The van der Waals surface area contributed by atoms with Crippen molar-refractivity contribution >= 4 is 196 Å². The number of benzene rings is 1. The molecule has 0 aliphatic rings. The first-order valence-corrected chi connectivity index (χ1v) is 19.9. The van der Waals surface area contributed by atoms with E-state index in [4.69, 9.17) is 9.22 Å². The van der Waals surface area contributed by atoms with Crippen LogP contribution in [-0.4, -0.2) is 21.1 Å². The lowest BCUT2D eigenvalue weighted by molar-refractivity contribution is -0.184. The van der Waals surface area contributed by atoms with Crippen molar-refractivity contribution in [1.82, 2.24) is 4.98 Å². The molecule has 0 fully saturated rings. The van der Waals surface area contributed by atoms with Gasteiger partial charge in [-0.3, -0.25) is 0 Å². The van der Waals surface area contributed by atoms with Crippen LogP contribution in [0.1, 0.15) is 0 Å². The predicted octanol–water partition coefficient (Wildman–Crippen LogP) is 8.71. The molecule has 5 nitrogen and oxygen atoms in total. The molecule has 18 heteroatoms. The quantitative estimate of drug-likeness (QED) is 0.0747. The van der Waals surface area contributed by atoms with Gasteiger partial charge >= 0.3 is 0 Å². The molecule has 2 atom stereocenters. The maximum atomic E-state index is 13.2. The van der Waals surface area contributed by atoms with Crippen LogP contribution in [0.2, 0.25) is 0 Å². The average molecular weight is 1050 g/mol. The minimum Gasteiger partial charge on any atom is -0.250 e. The third kappa shape index (κ3) is 7.12. The van der Waals surface area contributed by atoms with E-state index in [1.807, 2.05) is 0 Å². The fourth-order valence-electron chi connectivity index (χ4n) is 1.56. The molecule has 158 valence electrons. The van der Waals surface area contributed by atoms with Gasteiger partial charge in [-0.1, -0.05) is 0 Å². The summed E-state index contributed by atoms with van der Waals surface area (Å²) in [6, 6.07) is 3.41. The highest BCUT2D eigenvalue weighted by Gasteiger charge is 2.24. The number of alkyl halides is 3. The fourth-order valence-corrected chi connectivity index (χ4v) is 9.84. The first-order chi connectivity index (χ1) is 12.7. The zero-order valence-electron chi connectivity index (χ0n) is 12.3. The van der Waals surface area contributed by atoms with E-state index in [0.717, 1.165) is 12.0 Å². The molecule has 0 aliphatic heterocycles. The average Bonchev–Trinajstić information content (AvgIpc) is 2.97. The molecular weight excluding hydrogens is 1050 g/mol. The van der Waals surface area contributed by atoms with Gasteiger partial charge in [0.25, 0.3) is 2.33 Å². The first-order valence-electron chi connectivity index (χ1n) is 6.03. The van der Waals surface area contributed by atoms with Crippen molar-refractivity contribution in [3.05, 3.63) is 12.1 Å². The van der Waals surface area contributed by atoms with Crippen molar-refractivity contribution in [2.24, 2.45) is 0 Å². The van der Waals surface area contributed by atoms with Crippen LogP contribution in [0, 0.1) is 0 Å². The number of halogens is 9. The van der Waals surface area contributed by atoms with E-state index in [1.54, 1.807) is 12.1 Å². The molecule has 0 aliphatic carbocycles. The Kier molecular flexibility index (Phi) is 11.0. The maximum absolute atomic E-state index is 13.2. The van der Waals surface area contributed by atoms with E-state index in [-0.39, 0.29) is 0 Å². The lowest BCUT2D eigenvalue weighted by Crippen LogP contribution is -2.04. The molecule has 0 radical (unpaired) electrons. The van der Waals surface area contributed by atoms with Crippen LogP contribution in [0.5, 0.6) is 0 Å². The molecule has 28 heavy (non-hydrogen) atoms.